The third kappa shape index (κ3) is 3.29. The Bertz CT molecular complexity index is 511. The van der Waals surface area contributed by atoms with Crippen molar-refractivity contribution in [3.05, 3.63) is 24.3 Å². The number of fused-ring (bicyclic) bond motifs is 1. The predicted molar refractivity (Wildman–Crippen MR) is 71.8 cm³/mol. The standard InChI is InChI=1S/C15H18O5/c1-9-8-10(2)19-15(17)14(11(3)16)20-13-7-5-4-6-12(13)18-9/h4-7,9-10,14H,8H2,1-3H3/t9-,10+,14-/m0/s1. The number of ketones is 1. The summed E-state index contributed by atoms with van der Waals surface area (Å²) >= 11 is 0. The molecule has 0 spiro atoms. The Balaban J connectivity index is 2.36. The molecule has 1 aromatic rings. The fourth-order valence-corrected chi connectivity index (χ4v) is 2.11. The Labute approximate surface area is 117 Å². The van der Waals surface area contributed by atoms with Gasteiger partial charge in [0.05, 0.1) is 6.10 Å². The monoisotopic (exact) mass is 278 g/mol. The molecule has 0 amide bonds. The van der Waals surface area contributed by atoms with Gasteiger partial charge in [-0.1, -0.05) is 12.1 Å². The van der Waals surface area contributed by atoms with Crippen LogP contribution in [-0.2, 0) is 14.3 Å². The number of carbonyl (C=O) groups excluding carboxylic acids is 2. The fourth-order valence-electron chi connectivity index (χ4n) is 2.11. The zero-order valence-electron chi connectivity index (χ0n) is 11.8. The molecule has 0 saturated heterocycles. The minimum Gasteiger partial charge on any atom is -0.487 e. The minimum absolute atomic E-state index is 0.128. The van der Waals surface area contributed by atoms with Crippen molar-refractivity contribution in [2.24, 2.45) is 0 Å². The van der Waals surface area contributed by atoms with Crippen LogP contribution >= 0.6 is 0 Å². The number of rotatable bonds is 1. The van der Waals surface area contributed by atoms with Gasteiger partial charge in [-0.05, 0) is 32.9 Å². The summed E-state index contributed by atoms with van der Waals surface area (Å²) in [5, 5.41) is 0. The van der Waals surface area contributed by atoms with Crippen molar-refractivity contribution in [3.63, 3.8) is 0 Å². The summed E-state index contributed by atoms with van der Waals surface area (Å²) in [4.78, 5) is 23.6. The molecule has 3 atom stereocenters. The first-order valence-corrected chi connectivity index (χ1v) is 6.60. The molecule has 5 nitrogen and oxygen atoms in total. The molecule has 20 heavy (non-hydrogen) atoms. The summed E-state index contributed by atoms with van der Waals surface area (Å²) < 4.78 is 16.5. The van der Waals surface area contributed by atoms with E-state index in [1.54, 1.807) is 25.1 Å². The van der Waals surface area contributed by atoms with Gasteiger partial charge in [0.25, 0.3) is 6.10 Å². The third-order valence-electron chi connectivity index (χ3n) is 2.99. The molecule has 1 aliphatic heterocycles. The molecule has 0 unspecified atom stereocenters. The number of carbonyl (C=O) groups is 2. The van der Waals surface area contributed by atoms with Crippen molar-refractivity contribution in [1.82, 2.24) is 0 Å². The Morgan fingerprint density at radius 2 is 1.60 bits per heavy atom. The van der Waals surface area contributed by atoms with E-state index in [1.165, 1.54) is 6.92 Å². The lowest BCUT2D eigenvalue weighted by atomic mass is 10.1. The van der Waals surface area contributed by atoms with Gasteiger partial charge in [0.1, 0.15) is 6.10 Å². The minimum atomic E-state index is -1.25. The van der Waals surface area contributed by atoms with Crippen molar-refractivity contribution in [2.45, 2.75) is 45.5 Å². The van der Waals surface area contributed by atoms with Crippen LogP contribution in [0.15, 0.2) is 24.3 Å². The van der Waals surface area contributed by atoms with Gasteiger partial charge in [0.15, 0.2) is 17.3 Å². The van der Waals surface area contributed by atoms with E-state index in [1.807, 2.05) is 13.0 Å². The van der Waals surface area contributed by atoms with E-state index in [4.69, 9.17) is 14.2 Å². The summed E-state index contributed by atoms with van der Waals surface area (Å²) in [6.07, 6.45) is -1.18. The van der Waals surface area contributed by atoms with Gasteiger partial charge in [-0.2, -0.15) is 0 Å². The molecule has 1 aromatic carbocycles. The molecule has 0 aliphatic carbocycles. The van der Waals surface area contributed by atoms with Crippen LogP contribution in [0.1, 0.15) is 27.2 Å². The van der Waals surface area contributed by atoms with Crippen molar-refractivity contribution in [1.29, 1.82) is 0 Å². The molecule has 1 heterocycles. The van der Waals surface area contributed by atoms with Gasteiger partial charge in [-0.15, -0.1) is 0 Å². The van der Waals surface area contributed by atoms with Crippen molar-refractivity contribution in [3.8, 4) is 11.5 Å². The molecular weight excluding hydrogens is 260 g/mol. The molecule has 0 N–H and O–H groups in total. The number of para-hydroxylation sites is 2. The first-order chi connectivity index (χ1) is 9.47. The molecule has 0 bridgehead atoms. The lowest BCUT2D eigenvalue weighted by Crippen LogP contribution is -2.39. The molecule has 108 valence electrons. The second-order valence-electron chi connectivity index (χ2n) is 4.97. The average molecular weight is 278 g/mol. The van der Waals surface area contributed by atoms with E-state index in [0.717, 1.165) is 0 Å². The predicted octanol–water partition coefficient (Wildman–Crippen LogP) is 2.13. The number of cyclic esters (lactones) is 1. The summed E-state index contributed by atoms with van der Waals surface area (Å²) in [5.41, 5.74) is 0. The van der Waals surface area contributed by atoms with Gasteiger partial charge in [0, 0.05) is 6.42 Å². The highest BCUT2D eigenvalue weighted by Gasteiger charge is 2.31. The smallest absolute Gasteiger partial charge is 0.355 e. The normalized spacial score (nSPS) is 26.6. The van der Waals surface area contributed by atoms with E-state index >= 15 is 0 Å². The maximum absolute atomic E-state index is 12.0. The largest absolute Gasteiger partial charge is 0.487 e. The SMILES string of the molecule is CC(=O)[C@@H]1Oc2ccccc2O[C@@H](C)C[C@@H](C)OC1=O. The Hall–Kier alpha value is -2.04. The highest BCUT2D eigenvalue weighted by molar-refractivity contribution is 6.01. The number of esters is 1. The zero-order chi connectivity index (χ0) is 14.7. The molecule has 0 radical (unpaired) electrons. The lowest BCUT2D eigenvalue weighted by Gasteiger charge is -2.25. The van der Waals surface area contributed by atoms with Gasteiger partial charge in [-0.3, -0.25) is 4.79 Å². The quantitative estimate of drug-likeness (QED) is 0.581. The summed E-state index contributed by atoms with van der Waals surface area (Å²) in [6.45, 7) is 4.96. The first-order valence-electron chi connectivity index (χ1n) is 6.60. The molecule has 0 aromatic heterocycles. The molecule has 0 fully saturated rings. The van der Waals surface area contributed by atoms with E-state index in [-0.39, 0.29) is 12.2 Å². The highest BCUT2D eigenvalue weighted by Crippen LogP contribution is 2.30. The van der Waals surface area contributed by atoms with Crippen LogP contribution in [0.2, 0.25) is 0 Å². The van der Waals surface area contributed by atoms with E-state index in [0.29, 0.717) is 17.9 Å². The molecule has 5 heteroatoms. The van der Waals surface area contributed by atoms with Crippen molar-refractivity contribution in [2.75, 3.05) is 0 Å². The Morgan fingerprint density at radius 3 is 2.20 bits per heavy atom. The zero-order valence-corrected chi connectivity index (χ0v) is 11.8. The second-order valence-corrected chi connectivity index (χ2v) is 4.97. The number of benzene rings is 1. The molecule has 0 saturated carbocycles. The van der Waals surface area contributed by atoms with Crippen molar-refractivity contribution < 1.29 is 23.8 Å². The maximum Gasteiger partial charge on any atom is 0.355 e. The first kappa shape index (κ1) is 14.4. The van der Waals surface area contributed by atoms with Crippen LogP contribution in [0, 0.1) is 0 Å². The number of hydrogen-bond acceptors (Lipinski definition) is 5. The lowest BCUT2D eigenvalue weighted by molar-refractivity contribution is -0.160. The van der Waals surface area contributed by atoms with E-state index in [9.17, 15) is 9.59 Å². The number of Topliss-reactive ketones (excluding diaryl/α,β-unsaturated/α-hetero) is 1. The van der Waals surface area contributed by atoms with Crippen LogP contribution in [-0.4, -0.2) is 30.1 Å². The van der Waals surface area contributed by atoms with Gasteiger partial charge >= 0.3 is 5.97 Å². The number of hydrogen-bond donors (Lipinski definition) is 0. The average Bonchev–Trinajstić information content (AvgIpc) is 2.35. The van der Waals surface area contributed by atoms with Crippen LogP contribution in [0.4, 0.5) is 0 Å². The Kier molecular flexibility index (Phi) is 4.27. The second kappa shape index (κ2) is 5.94. The third-order valence-corrected chi connectivity index (χ3v) is 2.99. The highest BCUT2D eigenvalue weighted by atomic mass is 16.6. The van der Waals surface area contributed by atoms with Crippen LogP contribution in [0.3, 0.4) is 0 Å². The van der Waals surface area contributed by atoms with Crippen LogP contribution < -0.4 is 9.47 Å². The maximum atomic E-state index is 12.0. The van der Waals surface area contributed by atoms with Gasteiger partial charge in [0.2, 0.25) is 0 Å². The topological polar surface area (TPSA) is 61.8 Å². The van der Waals surface area contributed by atoms with Crippen LogP contribution in [0.25, 0.3) is 0 Å². The van der Waals surface area contributed by atoms with Gasteiger partial charge in [-0.25, -0.2) is 4.79 Å². The molecule has 1 aliphatic rings. The Morgan fingerprint density at radius 1 is 1.05 bits per heavy atom. The van der Waals surface area contributed by atoms with Gasteiger partial charge < -0.3 is 14.2 Å². The van der Waals surface area contributed by atoms with E-state index in [2.05, 4.69) is 0 Å². The van der Waals surface area contributed by atoms with Crippen molar-refractivity contribution >= 4 is 11.8 Å². The summed E-state index contributed by atoms with van der Waals surface area (Å²) in [7, 11) is 0. The summed E-state index contributed by atoms with van der Waals surface area (Å²) in [5.74, 6) is -0.168. The van der Waals surface area contributed by atoms with Crippen LogP contribution in [0.5, 0.6) is 11.5 Å². The number of ether oxygens (including phenoxy) is 3. The molecular formula is C15H18O5. The van der Waals surface area contributed by atoms with E-state index < -0.39 is 17.9 Å². The molecule has 2 rings (SSSR count). The summed E-state index contributed by atoms with van der Waals surface area (Å²) in [6, 6.07) is 6.98. The fraction of sp³-hybridized carbons (Fsp3) is 0.467.